The van der Waals surface area contributed by atoms with Gasteiger partial charge in [-0.3, -0.25) is 19.8 Å². The van der Waals surface area contributed by atoms with Crippen molar-refractivity contribution in [3.8, 4) is 11.5 Å². The molecule has 0 atom stereocenters. The molecule has 4 N–H and O–H groups in total. The summed E-state index contributed by atoms with van der Waals surface area (Å²) in [5, 5.41) is 12.0. The summed E-state index contributed by atoms with van der Waals surface area (Å²) in [5.74, 6) is 0.274. The minimum absolute atomic E-state index is 0.185. The number of aryl methyl sites for hydroxylation is 2. The van der Waals surface area contributed by atoms with Gasteiger partial charge >= 0.3 is 0 Å². The quantitative estimate of drug-likeness (QED) is 0.218. The molecule has 2 aromatic heterocycles. The van der Waals surface area contributed by atoms with Crippen LogP contribution < -0.4 is 20.6 Å². The maximum atomic E-state index is 12.8. The maximum absolute atomic E-state index is 12.8. The maximum Gasteiger partial charge on any atom is 0.268 e. The Morgan fingerprint density at radius 3 is 2.06 bits per heavy atom. The van der Waals surface area contributed by atoms with Crippen molar-refractivity contribution < 1.29 is 9.47 Å². The fourth-order valence-corrected chi connectivity index (χ4v) is 5.07. The number of halogens is 3. The second-order valence-electron chi connectivity index (χ2n) is 7.96. The average Bonchev–Trinajstić information content (AvgIpc) is 3.31. The van der Waals surface area contributed by atoms with Crippen molar-refractivity contribution in [1.29, 1.82) is 0 Å². The molecule has 0 fully saturated rings. The van der Waals surface area contributed by atoms with Crippen LogP contribution in [0.2, 0.25) is 10.0 Å². The van der Waals surface area contributed by atoms with E-state index in [9.17, 15) is 9.59 Å². The third-order valence-electron chi connectivity index (χ3n) is 5.65. The first-order valence-electron chi connectivity index (χ1n) is 10.8. The van der Waals surface area contributed by atoms with Gasteiger partial charge in [0.1, 0.15) is 6.61 Å². The van der Waals surface area contributed by atoms with Gasteiger partial charge in [-0.25, -0.2) is 0 Å². The zero-order valence-corrected chi connectivity index (χ0v) is 22.2. The highest BCUT2D eigenvalue weighted by molar-refractivity contribution is 9.10. The molecule has 0 spiro atoms. The highest BCUT2D eigenvalue weighted by atomic mass is 79.9. The molecule has 4 rings (SSSR count). The molecule has 8 nitrogen and oxygen atoms in total. The molecule has 35 heavy (non-hydrogen) atoms. The van der Waals surface area contributed by atoms with Gasteiger partial charge in [-0.1, -0.05) is 29.3 Å². The van der Waals surface area contributed by atoms with Gasteiger partial charge < -0.3 is 19.7 Å². The van der Waals surface area contributed by atoms with E-state index in [4.69, 9.17) is 32.7 Å². The number of aromatic amines is 4. The van der Waals surface area contributed by atoms with Crippen molar-refractivity contribution in [1.82, 2.24) is 20.4 Å². The lowest BCUT2D eigenvalue weighted by Gasteiger charge is -2.20. The second kappa shape index (κ2) is 10.4. The lowest BCUT2D eigenvalue weighted by molar-refractivity contribution is 0.267. The number of hydrogen-bond acceptors (Lipinski definition) is 4. The van der Waals surface area contributed by atoms with Crippen LogP contribution in [-0.4, -0.2) is 27.0 Å². The highest BCUT2D eigenvalue weighted by Crippen LogP contribution is 2.42. The molecule has 0 unspecified atom stereocenters. The van der Waals surface area contributed by atoms with Crippen molar-refractivity contribution in [2.75, 3.05) is 6.61 Å². The van der Waals surface area contributed by atoms with Crippen LogP contribution in [0.5, 0.6) is 11.5 Å². The molecule has 0 saturated heterocycles. The Bertz CT molecular complexity index is 1430. The summed E-state index contributed by atoms with van der Waals surface area (Å²) in [7, 11) is 0. The third-order valence-corrected chi connectivity index (χ3v) is 6.83. The summed E-state index contributed by atoms with van der Waals surface area (Å²) in [4.78, 5) is 25.5. The van der Waals surface area contributed by atoms with Crippen LogP contribution in [0.3, 0.4) is 0 Å². The van der Waals surface area contributed by atoms with E-state index in [0.717, 1.165) is 5.56 Å². The molecule has 11 heteroatoms. The molecule has 0 radical (unpaired) electrons. The van der Waals surface area contributed by atoms with Gasteiger partial charge in [0.25, 0.3) is 11.1 Å². The van der Waals surface area contributed by atoms with E-state index in [-0.39, 0.29) is 17.7 Å². The van der Waals surface area contributed by atoms with Gasteiger partial charge in [0.15, 0.2) is 11.5 Å². The fraction of sp³-hybridized carbons (Fsp3) is 0.250. The van der Waals surface area contributed by atoms with E-state index in [1.165, 1.54) is 0 Å². The summed E-state index contributed by atoms with van der Waals surface area (Å²) in [6.45, 7) is 5.99. The standard InChI is InChI=1S/C24H23BrCl2N4O4/c1-4-34-18-8-14(7-16(25)22(18)35-10-13-5-6-15(26)9-17(13)27)21(19-11(2)28-30-23(19)32)20-12(3)29-31-24(20)33/h5-9,21H,4,10H2,1-3H3,(H2,28,30,32)(H2,29,31,33). The van der Waals surface area contributed by atoms with Crippen LogP contribution in [0, 0.1) is 13.8 Å². The summed E-state index contributed by atoms with van der Waals surface area (Å²) in [6, 6.07) is 8.80. The van der Waals surface area contributed by atoms with E-state index in [0.29, 0.717) is 60.7 Å². The molecule has 0 saturated carbocycles. The largest absolute Gasteiger partial charge is 0.490 e. The van der Waals surface area contributed by atoms with Crippen LogP contribution in [0.15, 0.2) is 44.4 Å². The van der Waals surface area contributed by atoms with Gasteiger partial charge in [0, 0.05) is 32.9 Å². The fourth-order valence-electron chi connectivity index (χ4n) is 4.03. The van der Waals surface area contributed by atoms with Crippen LogP contribution in [-0.2, 0) is 6.61 Å². The minimum atomic E-state index is -0.657. The van der Waals surface area contributed by atoms with Crippen molar-refractivity contribution in [3.63, 3.8) is 0 Å². The van der Waals surface area contributed by atoms with Crippen molar-refractivity contribution in [2.24, 2.45) is 0 Å². The Hall–Kier alpha value is -2.88. The number of benzene rings is 2. The first-order valence-corrected chi connectivity index (χ1v) is 12.3. The molecule has 0 aliphatic carbocycles. The second-order valence-corrected chi connectivity index (χ2v) is 9.65. The van der Waals surface area contributed by atoms with Gasteiger partial charge in [-0.15, -0.1) is 0 Å². The molecular formula is C24H23BrCl2N4O4. The zero-order valence-electron chi connectivity index (χ0n) is 19.1. The number of ether oxygens (including phenoxy) is 2. The van der Waals surface area contributed by atoms with Crippen LogP contribution in [0.1, 0.15) is 46.5 Å². The Balaban J connectivity index is 1.82. The number of aromatic nitrogens is 4. The minimum Gasteiger partial charge on any atom is -0.490 e. The lowest BCUT2D eigenvalue weighted by Crippen LogP contribution is -2.20. The lowest BCUT2D eigenvalue weighted by atomic mass is 9.85. The molecule has 0 amide bonds. The number of hydrogen-bond donors (Lipinski definition) is 4. The summed E-state index contributed by atoms with van der Waals surface area (Å²) in [5.41, 5.74) is 2.97. The van der Waals surface area contributed by atoms with E-state index < -0.39 is 5.92 Å². The summed E-state index contributed by atoms with van der Waals surface area (Å²) in [6.07, 6.45) is 0. The molecule has 2 heterocycles. The van der Waals surface area contributed by atoms with Crippen LogP contribution in [0.25, 0.3) is 0 Å². The topological polar surface area (TPSA) is 116 Å². The molecule has 0 bridgehead atoms. The van der Waals surface area contributed by atoms with Crippen LogP contribution >= 0.6 is 39.1 Å². The van der Waals surface area contributed by atoms with Gasteiger partial charge in [0.05, 0.1) is 22.2 Å². The first kappa shape index (κ1) is 25.2. The SMILES string of the molecule is CCOc1cc(C(c2c(C)[nH][nH]c2=O)c2c(C)[nH][nH]c2=O)cc(Br)c1OCc1ccc(Cl)cc1Cl. The summed E-state index contributed by atoms with van der Waals surface area (Å²) < 4.78 is 12.6. The van der Waals surface area contributed by atoms with Gasteiger partial charge in [-0.2, -0.15) is 0 Å². The van der Waals surface area contributed by atoms with E-state index >= 15 is 0 Å². The molecular weight excluding hydrogens is 559 g/mol. The summed E-state index contributed by atoms with van der Waals surface area (Å²) >= 11 is 15.9. The number of rotatable bonds is 8. The van der Waals surface area contributed by atoms with Crippen molar-refractivity contribution in [2.45, 2.75) is 33.3 Å². The average molecular weight is 582 g/mol. The Morgan fingerprint density at radius 2 is 1.54 bits per heavy atom. The Morgan fingerprint density at radius 1 is 0.914 bits per heavy atom. The number of H-pyrrole nitrogens is 4. The smallest absolute Gasteiger partial charge is 0.268 e. The van der Waals surface area contributed by atoms with E-state index in [1.807, 2.05) is 13.0 Å². The van der Waals surface area contributed by atoms with Gasteiger partial charge in [-0.05, 0) is 66.5 Å². The van der Waals surface area contributed by atoms with Crippen molar-refractivity contribution >= 4 is 39.1 Å². The van der Waals surface area contributed by atoms with Crippen LogP contribution in [0.4, 0.5) is 0 Å². The Kier molecular flexibility index (Phi) is 7.49. The number of nitrogens with one attached hydrogen (secondary N) is 4. The monoisotopic (exact) mass is 580 g/mol. The highest BCUT2D eigenvalue weighted by Gasteiger charge is 2.30. The molecule has 184 valence electrons. The molecule has 2 aromatic carbocycles. The van der Waals surface area contributed by atoms with Gasteiger partial charge in [0.2, 0.25) is 0 Å². The predicted molar refractivity (Wildman–Crippen MR) is 139 cm³/mol. The zero-order chi connectivity index (χ0) is 25.3. The normalized spacial score (nSPS) is 11.3. The molecule has 0 aliphatic heterocycles. The van der Waals surface area contributed by atoms with E-state index in [2.05, 4.69) is 36.3 Å². The first-order chi connectivity index (χ1) is 16.7. The predicted octanol–water partition coefficient (Wildman–Crippen LogP) is 5.56. The molecule has 4 aromatic rings. The molecule has 0 aliphatic rings. The van der Waals surface area contributed by atoms with E-state index in [1.54, 1.807) is 38.1 Å². The third kappa shape index (κ3) is 5.07. The Labute approximate surface area is 219 Å². The van der Waals surface area contributed by atoms with Crippen molar-refractivity contribution in [3.05, 3.63) is 99.2 Å².